The number of nitrogens with zero attached hydrogens (tertiary/aromatic N) is 6. The second kappa shape index (κ2) is 22.8. The predicted octanol–water partition coefficient (Wildman–Crippen LogP) is 10.8. The number of amides is 2. The molecule has 1 unspecified atom stereocenters. The fraction of sp³-hybridized carbons (Fsp3) is 0.321. The van der Waals surface area contributed by atoms with Crippen molar-refractivity contribution in [3.05, 3.63) is 137 Å². The first kappa shape index (κ1) is 53.5. The van der Waals surface area contributed by atoms with Crippen LogP contribution < -0.4 is 24.8 Å². The fourth-order valence-corrected chi connectivity index (χ4v) is 11.0. The molecule has 0 radical (unpaired) electrons. The van der Waals surface area contributed by atoms with Crippen LogP contribution in [0, 0.1) is 11.8 Å². The van der Waals surface area contributed by atoms with Crippen molar-refractivity contribution in [3.8, 4) is 51.6 Å². The van der Waals surface area contributed by atoms with Gasteiger partial charge in [-0.3, -0.25) is 5.32 Å². The van der Waals surface area contributed by atoms with Gasteiger partial charge in [0.05, 0.1) is 43.7 Å². The number of para-hydroxylation sites is 1. The summed E-state index contributed by atoms with van der Waals surface area (Å²) in [7, 11) is 0.0851. The van der Waals surface area contributed by atoms with Gasteiger partial charge < -0.3 is 29.0 Å². The third-order valence-corrected chi connectivity index (χ3v) is 14.7. The zero-order valence-corrected chi connectivity index (χ0v) is 45.0. The topological polar surface area (TPSA) is 198 Å². The van der Waals surface area contributed by atoms with E-state index in [-0.39, 0.29) is 52.7 Å². The number of hydrogen-bond donors (Lipinski definition) is 2. The number of methoxy groups -OCH3 is 3. The lowest BCUT2D eigenvalue weighted by Gasteiger charge is -2.26. The second-order valence-corrected chi connectivity index (χ2v) is 22.6. The normalized spacial score (nSPS) is 13.8. The average molecular weight is 1050 g/mol. The molecule has 2 N–H and O–H groups in total. The highest BCUT2D eigenvalue weighted by molar-refractivity contribution is 7.89. The third-order valence-electron chi connectivity index (χ3n) is 11.8. The number of hydrogen-bond acceptors (Lipinski definition) is 14. The molecule has 7 aromatic rings. The van der Waals surface area contributed by atoms with Gasteiger partial charge in [0.15, 0.2) is 11.0 Å². The van der Waals surface area contributed by atoms with Gasteiger partial charge in [-0.2, -0.15) is 4.31 Å². The van der Waals surface area contributed by atoms with E-state index in [0.717, 1.165) is 11.1 Å². The highest BCUT2D eigenvalue weighted by Gasteiger charge is 2.35. The molecule has 390 valence electrons. The van der Waals surface area contributed by atoms with Gasteiger partial charge in [0.25, 0.3) is 0 Å². The molecule has 17 nitrogen and oxygen atoms in total. The monoisotopic (exact) mass is 1050 g/mol. The van der Waals surface area contributed by atoms with Crippen molar-refractivity contribution in [2.45, 2.75) is 103 Å². The van der Waals surface area contributed by atoms with Crippen LogP contribution in [0.25, 0.3) is 32.7 Å². The van der Waals surface area contributed by atoms with Crippen LogP contribution in [0.1, 0.15) is 83.1 Å². The van der Waals surface area contributed by atoms with Crippen LogP contribution in [0.5, 0.6) is 17.2 Å². The van der Waals surface area contributed by atoms with E-state index in [1.165, 1.54) is 15.6 Å². The molecule has 0 saturated heterocycles. The first-order valence-electron chi connectivity index (χ1n) is 24.2. The van der Waals surface area contributed by atoms with Gasteiger partial charge in [0.2, 0.25) is 10.0 Å². The van der Waals surface area contributed by atoms with Gasteiger partial charge in [0.1, 0.15) is 33.3 Å². The molecule has 75 heavy (non-hydrogen) atoms. The Bertz CT molecular complexity index is 3340. The van der Waals surface area contributed by atoms with E-state index in [1.807, 2.05) is 99.6 Å². The number of ether oxygens (including phenoxy) is 5. The Morgan fingerprint density at radius 1 is 0.747 bits per heavy atom. The summed E-state index contributed by atoms with van der Waals surface area (Å²) in [6.07, 6.45) is 2.41. The van der Waals surface area contributed by atoms with E-state index in [0.29, 0.717) is 69.0 Å². The van der Waals surface area contributed by atoms with Crippen molar-refractivity contribution in [2.75, 3.05) is 26.6 Å². The summed E-state index contributed by atoms with van der Waals surface area (Å²) < 4.78 is 64.0. The Hall–Kier alpha value is -7.79. The molecular weight excluding hydrogens is 993 g/mol. The Kier molecular flexibility index (Phi) is 16.2. The zero-order chi connectivity index (χ0) is 53.5. The summed E-state index contributed by atoms with van der Waals surface area (Å²) >= 11 is 1.24. The molecule has 8 rings (SSSR count). The molecule has 5 aromatic carbocycles. The number of thiazole rings is 1. The minimum absolute atomic E-state index is 0.0514. The number of carbonyl (C=O) groups excluding carboxylic acids is 2. The maximum absolute atomic E-state index is 16.4. The summed E-state index contributed by atoms with van der Waals surface area (Å²) in [4.78, 5) is 30.5. The van der Waals surface area contributed by atoms with Crippen molar-refractivity contribution in [1.29, 1.82) is 0 Å². The van der Waals surface area contributed by atoms with Crippen molar-refractivity contribution in [1.82, 2.24) is 34.8 Å². The number of anilines is 1. The number of sulfonamides is 1. The molecular formula is C56H60N8O9S2. The quantitative estimate of drug-likeness (QED) is 0.0921. The Morgan fingerprint density at radius 3 is 1.89 bits per heavy atom. The summed E-state index contributed by atoms with van der Waals surface area (Å²) in [6.45, 7) is 10.8. The van der Waals surface area contributed by atoms with Crippen LogP contribution in [-0.4, -0.2) is 88.7 Å². The molecule has 0 aliphatic heterocycles. The van der Waals surface area contributed by atoms with Gasteiger partial charge in [-0.25, -0.2) is 27.7 Å². The zero-order valence-electron chi connectivity index (χ0n) is 43.4. The molecule has 1 aliphatic rings. The van der Waals surface area contributed by atoms with E-state index in [4.69, 9.17) is 28.7 Å². The van der Waals surface area contributed by atoms with E-state index < -0.39 is 33.4 Å². The van der Waals surface area contributed by atoms with Crippen molar-refractivity contribution in [2.24, 2.45) is 0 Å². The van der Waals surface area contributed by atoms with Crippen LogP contribution in [0.3, 0.4) is 0 Å². The number of rotatable bonds is 15. The van der Waals surface area contributed by atoms with Crippen LogP contribution in [0.2, 0.25) is 0 Å². The third kappa shape index (κ3) is 13.5. The Balaban J connectivity index is 1.35. The number of carbonyl (C=O) groups is 2. The number of alkyl carbamates (subject to hydrolysis) is 1. The minimum Gasteiger partial charge on any atom is -0.497 e. The smallest absolute Gasteiger partial charge is 0.413 e. The lowest BCUT2D eigenvalue weighted by molar-refractivity contribution is 0.0500. The average Bonchev–Trinajstić information content (AvgIpc) is 4.01. The van der Waals surface area contributed by atoms with E-state index in [2.05, 4.69) is 38.0 Å². The number of nitrogens with one attached hydrogen (secondary N) is 2. The molecule has 0 bridgehead atoms. The maximum Gasteiger partial charge on any atom is 0.413 e. The van der Waals surface area contributed by atoms with Crippen LogP contribution in [0.4, 0.5) is 14.7 Å². The summed E-state index contributed by atoms with van der Waals surface area (Å²) in [5.41, 5.74) is 3.41. The maximum atomic E-state index is 16.4. The van der Waals surface area contributed by atoms with E-state index in [9.17, 15) is 9.59 Å². The predicted molar refractivity (Wildman–Crippen MR) is 288 cm³/mol. The summed E-state index contributed by atoms with van der Waals surface area (Å²) in [5, 5.41) is 19.3. The van der Waals surface area contributed by atoms with Gasteiger partial charge in [-0.15, -0.1) is 5.10 Å². The van der Waals surface area contributed by atoms with Crippen molar-refractivity contribution >= 4 is 48.9 Å². The molecule has 1 aliphatic carbocycles. The molecule has 0 spiro atoms. The van der Waals surface area contributed by atoms with Gasteiger partial charge in [-0.05, 0) is 148 Å². The second-order valence-electron chi connectivity index (χ2n) is 19.7. The van der Waals surface area contributed by atoms with Crippen LogP contribution in [0.15, 0.2) is 120 Å². The lowest BCUT2D eigenvalue weighted by atomic mass is 9.94. The number of allylic oxidation sites excluding steroid dienone is 1. The van der Waals surface area contributed by atoms with E-state index >= 15 is 8.42 Å². The van der Waals surface area contributed by atoms with E-state index in [1.54, 1.807) is 77.1 Å². The van der Waals surface area contributed by atoms with Gasteiger partial charge in [0, 0.05) is 30.3 Å². The number of aromatic nitrogens is 5. The molecule has 2 amide bonds. The Morgan fingerprint density at radius 2 is 1.33 bits per heavy atom. The number of benzene rings is 5. The minimum atomic E-state index is -4.65. The number of tetrazole rings is 1. The van der Waals surface area contributed by atoms with Gasteiger partial charge >= 0.3 is 12.2 Å². The molecule has 19 heteroatoms. The first-order chi connectivity index (χ1) is 35.8. The van der Waals surface area contributed by atoms with Gasteiger partial charge in [-0.1, -0.05) is 83.9 Å². The largest absolute Gasteiger partial charge is 0.497 e. The molecule has 0 fully saturated rings. The standard InChI is InChI=1S/C56H60N8O9S2/c1-55(2,3)72-53(65)57-41-24-14-36(15-25-41)13-22-40-23-32-45(46-11-10-12-47-49(46)58-52(74-47)59-54(66)73-56(4,5)6)48(51-60-61-62-64(51)35-39-20-30-44(71-9)31-21-39)50(40)75(67,68)63(33-37-16-26-42(69-7)27-17-37)34-38-18-28-43(70-8)29-19-38/h10-12,14,16-21,23,26-32,41H,15,24-25,33-35H2,1-9H3,(H,57,65)(H,58,59,66). The molecule has 2 aromatic heterocycles. The van der Waals surface area contributed by atoms with Crippen LogP contribution in [-0.2, 0) is 39.1 Å². The van der Waals surface area contributed by atoms with Crippen molar-refractivity contribution < 1.29 is 41.7 Å². The Labute approximate surface area is 441 Å². The molecule has 0 saturated carbocycles. The van der Waals surface area contributed by atoms with Crippen molar-refractivity contribution in [3.63, 3.8) is 0 Å². The highest BCUT2D eigenvalue weighted by Crippen LogP contribution is 2.44. The molecule has 2 heterocycles. The lowest BCUT2D eigenvalue weighted by Crippen LogP contribution is -2.39. The fourth-order valence-electron chi connectivity index (χ4n) is 8.32. The summed E-state index contributed by atoms with van der Waals surface area (Å²) in [5.74, 6) is 8.64. The number of fused-ring (bicyclic) bond motifs is 1. The highest BCUT2D eigenvalue weighted by atomic mass is 32.2. The molecule has 1 atom stereocenters. The van der Waals surface area contributed by atoms with Crippen LogP contribution >= 0.6 is 11.3 Å². The first-order valence-corrected chi connectivity index (χ1v) is 26.5. The SMILES string of the molecule is COc1ccc(CN(Cc2ccc(OC)cc2)S(=O)(=O)c2c(C#CC3=CCC(NC(=O)OC(C)(C)C)CC3)ccc(-c3cccc4sc(NC(=O)OC(C)(C)C)nc34)c2-c2nnnn2Cc2ccc(OC)cc2)cc1. The summed E-state index contributed by atoms with van der Waals surface area (Å²) in [6, 6.07) is 30.8.